The normalized spacial score (nSPS) is 18.5. The van der Waals surface area contributed by atoms with E-state index in [1.807, 2.05) is 36.4 Å². The first kappa shape index (κ1) is 19.0. The van der Waals surface area contributed by atoms with Gasteiger partial charge in [0.05, 0.1) is 17.4 Å². The maximum Gasteiger partial charge on any atom is 0.223 e. The predicted molar refractivity (Wildman–Crippen MR) is 131 cm³/mol. The lowest BCUT2D eigenvalue weighted by Crippen LogP contribution is -2.28. The van der Waals surface area contributed by atoms with Gasteiger partial charge in [0.1, 0.15) is 0 Å². The Labute approximate surface area is 192 Å². The largest absolute Gasteiger partial charge is 0.333 e. The van der Waals surface area contributed by atoms with Gasteiger partial charge in [-0.25, -0.2) is 9.97 Å². The molecule has 0 amide bonds. The lowest BCUT2D eigenvalue weighted by molar-refractivity contribution is 0.745. The van der Waals surface area contributed by atoms with Gasteiger partial charge in [-0.3, -0.25) is 0 Å². The van der Waals surface area contributed by atoms with Gasteiger partial charge in [0.2, 0.25) is 5.28 Å². The number of hydrogen-bond acceptors (Lipinski definition) is 3. The van der Waals surface area contributed by atoms with Crippen LogP contribution in [-0.2, 0) is 0 Å². The molecule has 3 nitrogen and oxygen atoms in total. The van der Waals surface area contributed by atoms with Crippen LogP contribution in [0.5, 0.6) is 0 Å². The van der Waals surface area contributed by atoms with Crippen molar-refractivity contribution in [2.24, 2.45) is 0 Å². The first-order valence-corrected chi connectivity index (χ1v) is 11.1. The van der Waals surface area contributed by atoms with Gasteiger partial charge in [0, 0.05) is 28.4 Å². The van der Waals surface area contributed by atoms with Crippen LogP contribution < -0.4 is 4.90 Å². The summed E-state index contributed by atoms with van der Waals surface area (Å²) < 4.78 is 0. The number of anilines is 2. The second-order valence-electron chi connectivity index (χ2n) is 8.04. The van der Waals surface area contributed by atoms with Gasteiger partial charge in [0.25, 0.3) is 0 Å². The number of halogens is 1. The van der Waals surface area contributed by atoms with Crippen LogP contribution in [-0.4, -0.2) is 16.0 Å². The van der Waals surface area contributed by atoms with Crippen molar-refractivity contribution >= 4 is 23.0 Å². The summed E-state index contributed by atoms with van der Waals surface area (Å²) in [7, 11) is 0. The summed E-state index contributed by atoms with van der Waals surface area (Å²) in [5.74, 6) is 0.359. The average Bonchev–Trinajstić information content (AvgIpc) is 3.19. The van der Waals surface area contributed by atoms with E-state index in [0.29, 0.717) is 5.92 Å². The minimum atomic E-state index is 0.249. The fourth-order valence-electron chi connectivity index (χ4n) is 4.73. The third kappa shape index (κ3) is 3.22. The van der Waals surface area contributed by atoms with Crippen molar-refractivity contribution in [3.63, 3.8) is 0 Å². The Balaban J connectivity index is 1.44. The van der Waals surface area contributed by atoms with E-state index in [-0.39, 0.29) is 11.3 Å². The number of para-hydroxylation sites is 1. The Morgan fingerprint density at radius 2 is 1.41 bits per heavy atom. The second-order valence-corrected chi connectivity index (χ2v) is 8.38. The number of fused-ring (bicyclic) bond motifs is 3. The summed E-state index contributed by atoms with van der Waals surface area (Å²) in [6.45, 7) is 0. The van der Waals surface area contributed by atoms with Crippen LogP contribution in [0, 0.1) is 0 Å². The molecular weight excluding hydrogens is 414 g/mol. The average molecular weight is 434 g/mol. The van der Waals surface area contributed by atoms with Gasteiger partial charge in [0.15, 0.2) is 0 Å². The number of nitrogens with zero attached hydrogens (tertiary/aromatic N) is 3. The number of hydrogen-bond donors (Lipinski definition) is 0. The molecular formula is C28H20ClN3. The summed E-state index contributed by atoms with van der Waals surface area (Å²) in [4.78, 5) is 11.4. The van der Waals surface area contributed by atoms with Crippen LogP contribution in [0.1, 0.15) is 11.5 Å². The van der Waals surface area contributed by atoms with Crippen LogP contribution in [0.15, 0.2) is 109 Å². The Morgan fingerprint density at radius 1 is 0.688 bits per heavy atom. The van der Waals surface area contributed by atoms with Gasteiger partial charge >= 0.3 is 0 Å². The van der Waals surface area contributed by atoms with Crippen molar-refractivity contribution in [2.45, 2.75) is 12.0 Å². The van der Waals surface area contributed by atoms with Crippen molar-refractivity contribution in [1.29, 1.82) is 0 Å². The second kappa shape index (κ2) is 7.77. The van der Waals surface area contributed by atoms with E-state index < -0.39 is 0 Å². The smallest absolute Gasteiger partial charge is 0.223 e. The fourth-order valence-corrected chi connectivity index (χ4v) is 4.91. The van der Waals surface area contributed by atoms with E-state index >= 15 is 0 Å². The van der Waals surface area contributed by atoms with E-state index in [9.17, 15) is 0 Å². The maximum atomic E-state index is 6.33. The Hall–Kier alpha value is -3.69. The van der Waals surface area contributed by atoms with Crippen LogP contribution in [0.25, 0.3) is 22.5 Å². The fraction of sp³-hybridized carbons (Fsp3) is 0.0714. The number of benzene rings is 3. The van der Waals surface area contributed by atoms with E-state index in [1.54, 1.807) is 0 Å². The summed E-state index contributed by atoms with van der Waals surface area (Å²) in [5.41, 5.74) is 7.41. The molecule has 1 aromatic heterocycles. The monoisotopic (exact) mass is 433 g/mol. The molecule has 6 rings (SSSR count). The summed E-state index contributed by atoms with van der Waals surface area (Å²) >= 11 is 6.33. The van der Waals surface area contributed by atoms with Gasteiger partial charge in [-0.15, -0.1) is 0 Å². The Kier molecular flexibility index (Phi) is 4.62. The van der Waals surface area contributed by atoms with Gasteiger partial charge in [-0.2, -0.15) is 0 Å². The Bertz CT molecular complexity index is 1360. The standard InChI is InChI=1S/C28H20ClN3/c29-28-30-24(19-9-2-1-3-10-19)18-25(31-28)20-11-8-12-21(17-20)32-26-15-6-4-13-22(26)23-14-5-7-16-27(23)32/h1-18,22,26H. The minimum absolute atomic E-state index is 0.249. The molecule has 2 atom stereocenters. The summed E-state index contributed by atoms with van der Waals surface area (Å²) in [5, 5.41) is 0.249. The Morgan fingerprint density at radius 3 is 2.28 bits per heavy atom. The van der Waals surface area contributed by atoms with E-state index in [0.717, 1.165) is 28.2 Å². The number of aromatic nitrogens is 2. The highest BCUT2D eigenvalue weighted by atomic mass is 35.5. The lowest BCUT2D eigenvalue weighted by Gasteiger charge is -2.29. The molecule has 154 valence electrons. The number of allylic oxidation sites excluding steroid dienone is 2. The lowest BCUT2D eigenvalue weighted by atomic mass is 9.91. The molecule has 0 N–H and O–H groups in total. The first-order chi connectivity index (χ1) is 15.8. The van der Waals surface area contributed by atoms with Crippen molar-refractivity contribution in [3.05, 3.63) is 120 Å². The molecule has 0 fully saturated rings. The molecule has 0 spiro atoms. The minimum Gasteiger partial charge on any atom is -0.333 e. The molecule has 2 unspecified atom stereocenters. The topological polar surface area (TPSA) is 29.0 Å². The molecule has 0 radical (unpaired) electrons. The molecule has 0 saturated heterocycles. The highest BCUT2D eigenvalue weighted by molar-refractivity contribution is 6.28. The van der Waals surface area contributed by atoms with Gasteiger partial charge in [-0.1, -0.05) is 85.0 Å². The molecule has 32 heavy (non-hydrogen) atoms. The highest BCUT2D eigenvalue weighted by Gasteiger charge is 2.36. The SMILES string of the molecule is Clc1nc(-c2ccccc2)cc(-c2cccc(N3c4ccccc4C4C=CC=CC43)c2)n1. The highest BCUT2D eigenvalue weighted by Crippen LogP contribution is 2.47. The molecule has 4 heteroatoms. The predicted octanol–water partition coefficient (Wildman–Crippen LogP) is 7.19. The van der Waals surface area contributed by atoms with E-state index in [1.165, 1.54) is 11.3 Å². The molecule has 0 bridgehead atoms. The van der Waals surface area contributed by atoms with Crippen molar-refractivity contribution in [1.82, 2.24) is 9.97 Å². The quantitative estimate of drug-likeness (QED) is 0.320. The molecule has 2 aliphatic rings. The first-order valence-electron chi connectivity index (χ1n) is 10.7. The molecule has 3 aromatic carbocycles. The number of rotatable bonds is 3. The van der Waals surface area contributed by atoms with Gasteiger partial charge < -0.3 is 4.90 Å². The summed E-state index contributed by atoms with van der Waals surface area (Å²) in [6.07, 6.45) is 8.86. The zero-order valence-electron chi connectivity index (χ0n) is 17.3. The molecule has 2 heterocycles. The summed E-state index contributed by atoms with van der Waals surface area (Å²) in [6, 6.07) is 29.5. The van der Waals surface area contributed by atoms with E-state index in [2.05, 4.69) is 87.7 Å². The van der Waals surface area contributed by atoms with Crippen LogP contribution in [0.3, 0.4) is 0 Å². The molecule has 4 aromatic rings. The van der Waals surface area contributed by atoms with Crippen molar-refractivity contribution in [2.75, 3.05) is 4.90 Å². The van der Waals surface area contributed by atoms with E-state index in [4.69, 9.17) is 11.6 Å². The van der Waals surface area contributed by atoms with Gasteiger partial charge in [-0.05, 0) is 41.4 Å². The molecule has 1 aliphatic heterocycles. The zero-order valence-corrected chi connectivity index (χ0v) is 18.0. The zero-order chi connectivity index (χ0) is 21.5. The third-order valence-electron chi connectivity index (χ3n) is 6.15. The third-order valence-corrected chi connectivity index (χ3v) is 6.32. The van der Waals surface area contributed by atoms with Crippen LogP contribution in [0.2, 0.25) is 5.28 Å². The van der Waals surface area contributed by atoms with Crippen LogP contribution in [0.4, 0.5) is 11.4 Å². The van der Waals surface area contributed by atoms with Crippen molar-refractivity contribution in [3.8, 4) is 22.5 Å². The van der Waals surface area contributed by atoms with Crippen molar-refractivity contribution < 1.29 is 0 Å². The molecule has 0 saturated carbocycles. The maximum absolute atomic E-state index is 6.33. The molecule has 1 aliphatic carbocycles. The van der Waals surface area contributed by atoms with Crippen LogP contribution >= 0.6 is 11.6 Å².